The molecule has 1 heterocycles. The topological polar surface area (TPSA) is 48.3 Å². The van der Waals surface area contributed by atoms with Gasteiger partial charge >= 0.3 is 0 Å². The molecule has 0 spiro atoms. The largest absolute Gasteiger partial charge is 0.390 e. The molecular weight excluding hydrogens is 218 g/mol. The van der Waals surface area contributed by atoms with Crippen molar-refractivity contribution < 1.29 is 9.84 Å². The summed E-state index contributed by atoms with van der Waals surface area (Å²) in [6, 6.07) is 0. The summed E-state index contributed by atoms with van der Waals surface area (Å²) < 4.78 is 5.26. The maximum Gasteiger partial charge on any atom is 0.195 e. The number of nitrogens with zero attached hydrogens (tertiary/aromatic N) is 3. The molecule has 0 aromatic heterocycles. The minimum absolute atomic E-state index is 0.578. The minimum Gasteiger partial charge on any atom is -0.390 e. The van der Waals surface area contributed by atoms with E-state index in [-0.39, 0.29) is 0 Å². The molecule has 0 saturated carbocycles. The van der Waals surface area contributed by atoms with Crippen LogP contribution < -0.4 is 0 Å². The zero-order chi connectivity index (χ0) is 12.9. The summed E-state index contributed by atoms with van der Waals surface area (Å²) >= 11 is 0. The van der Waals surface area contributed by atoms with Crippen molar-refractivity contribution >= 4 is 5.96 Å². The molecule has 1 fully saturated rings. The van der Waals surface area contributed by atoms with Gasteiger partial charge in [0.25, 0.3) is 0 Å². The van der Waals surface area contributed by atoms with Crippen LogP contribution in [0.3, 0.4) is 0 Å². The Bertz CT molecular complexity index is 248. The Kier molecular flexibility index (Phi) is 5.21. The van der Waals surface area contributed by atoms with Crippen molar-refractivity contribution in [1.82, 2.24) is 9.80 Å². The van der Waals surface area contributed by atoms with Crippen molar-refractivity contribution in [2.75, 3.05) is 47.9 Å². The molecule has 1 aliphatic rings. The third kappa shape index (κ3) is 4.52. The molecular formula is C12H25N3O2. The zero-order valence-corrected chi connectivity index (χ0v) is 11.4. The monoisotopic (exact) mass is 243 g/mol. The van der Waals surface area contributed by atoms with Crippen LogP contribution >= 0.6 is 0 Å². The lowest BCUT2D eigenvalue weighted by Gasteiger charge is -2.31. The lowest BCUT2D eigenvalue weighted by atomic mass is 9.91. The third-order valence-corrected chi connectivity index (χ3v) is 3.05. The molecule has 0 aromatic carbocycles. The Morgan fingerprint density at radius 2 is 1.71 bits per heavy atom. The van der Waals surface area contributed by atoms with Crippen LogP contribution in [-0.2, 0) is 4.74 Å². The molecule has 1 saturated heterocycles. The Labute approximate surface area is 104 Å². The quantitative estimate of drug-likeness (QED) is 0.576. The van der Waals surface area contributed by atoms with Gasteiger partial charge in [0.05, 0.1) is 5.60 Å². The van der Waals surface area contributed by atoms with Gasteiger partial charge in [-0.3, -0.25) is 4.99 Å². The van der Waals surface area contributed by atoms with E-state index >= 15 is 0 Å². The Morgan fingerprint density at radius 1 is 1.18 bits per heavy atom. The first-order chi connectivity index (χ1) is 7.94. The van der Waals surface area contributed by atoms with E-state index in [9.17, 15) is 5.11 Å². The summed E-state index contributed by atoms with van der Waals surface area (Å²) in [6.45, 7) is 1.98. The molecule has 0 unspecified atom stereocenters. The number of hydrogen-bond donors (Lipinski definition) is 1. The number of aliphatic hydroxyl groups is 1. The summed E-state index contributed by atoms with van der Waals surface area (Å²) in [5, 5.41) is 10.3. The highest BCUT2D eigenvalue weighted by Crippen LogP contribution is 2.23. The number of rotatable bonds is 3. The highest BCUT2D eigenvalue weighted by Gasteiger charge is 2.29. The van der Waals surface area contributed by atoms with Gasteiger partial charge in [-0.05, 0) is 19.3 Å². The van der Waals surface area contributed by atoms with Crippen LogP contribution in [0.2, 0.25) is 0 Å². The third-order valence-electron chi connectivity index (χ3n) is 3.05. The second-order valence-electron chi connectivity index (χ2n) is 5.06. The van der Waals surface area contributed by atoms with Gasteiger partial charge in [-0.25, -0.2) is 0 Å². The Morgan fingerprint density at radius 3 is 2.18 bits per heavy atom. The summed E-state index contributed by atoms with van der Waals surface area (Å²) in [7, 11) is 7.90. The van der Waals surface area contributed by atoms with Gasteiger partial charge in [-0.15, -0.1) is 0 Å². The minimum atomic E-state index is -0.578. The molecule has 1 rings (SSSR count). The summed E-state index contributed by atoms with van der Waals surface area (Å²) in [4.78, 5) is 8.49. The van der Waals surface area contributed by atoms with Crippen LogP contribution in [0.5, 0.6) is 0 Å². The van der Waals surface area contributed by atoms with Crippen LogP contribution in [0.15, 0.2) is 4.99 Å². The normalized spacial score (nSPS) is 18.6. The van der Waals surface area contributed by atoms with Crippen molar-refractivity contribution in [1.29, 1.82) is 0 Å². The molecule has 100 valence electrons. The van der Waals surface area contributed by atoms with E-state index in [0.29, 0.717) is 26.2 Å². The fourth-order valence-electron chi connectivity index (χ4n) is 2.05. The standard InChI is InChI=1S/C12H25N3O2/c1-14(2)11(15(3)4)13-8-5-12(16)6-9-17-10-7-12/h16H,5-10H2,1-4H3. The van der Waals surface area contributed by atoms with Crippen LogP contribution in [0, 0.1) is 0 Å². The van der Waals surface area contributed by atoms with E-state index in [1.54, 1.807) is 0 Å². The fourth-order valence-corrected chi connectivity index (χ4v) is 2.05. The molecule has 5 heteroatoms. The van der Waals surface area contributed by atoms with Gasteiger partial charge in [0.15, 0.2) is 5.96 Å². The molecule has 0 amide bonds. The van der Waals surface area contributed by atoms with Gasteiger partial charge in [-0.1, -0.05) is 0 Å². The number of aliphatic imine (C=N–C) groups is 1. The maximum absolute atomic E-state index is 10.3. The highest BCUT2D eigenvalue weighted by molar-refractivity contribution is 5.79. The first-order valence-corrected chi connectivity index (χ1v) is 6.14. The summed E-state index contributed by atoms with van der Waals surface area (Å²) in [6.07, 6.45) is 2.16. The van der Waals surface area contributed by atoms with E-state index in [2.05, 4.69) is 4.99 Å². The molecule has 0 aliphatic carbocycles. The van der Waals surface area contributed by atoms with Gasteiger partial charge in [0.1, 0.15) is 0 Å². The van der Waals surface area contributed by atoms with Crippen LogP contribution in [-0.4, -0.2) is 74.4 Å². The SMILES string of the molecule is CN(C)C(=NCCC1(O)CCOCC1)N(C)C. The Hall–Kier alpha value is -0.810. The van der Waals surface area contributed by atoms with E-state index < -0.39 is 5.60 Å². The molecule has 0 radical (unpaired) electrons. The van der Waals surface area contributed by atoms with Crippen LogP contribution in [0.1, 0.15) is 19.3 Å². The van der Waals surface area contributed by atoms with E-state index in [0.717, 1.165) is 18.8 Å². The van der Waals surface area contributed by atoms with Crippen molar-refractivity contribution in [3.63, 3.8) is 0 Å². The predicted octanol–water partition coefficient (Wildman–Crippen LogP) is 0.397. The van der Waals surface area contributed by atoms with Gasteiger partial charge in [0, 0.05) is 47.9 Å². The van der Waals surface area contributed by atoms with Crippen molar-refractivity contribution in [3.05, 3.63) is 0 Å². The lowest BCUT2D eigenvalue weighted by molar-refractivity contribution is -0.0662. The van der Waals surface area contributed by atoms with Crippen molar-refractivity contribution in [2.45, 2.75) is 24.9 Å². The van der Waals surface area contributed by atoms with Gasteiger partial charge < -0.3 is 19.6 Å². The van der Waals surface area contributed by atoms with Gasteiger partial charge in [0.2, 0.25) is 0 Å². The van der Waals surface area contributed by atoms with Crippen molar-refractivity contribution in [3.8, 4) is 0 Å². The molecule has 0 aromatic rings. The highest BCUT2D eigenvalue weighted by atomic mass is 16.5. The first-order valence-electron chi connectivity index (χ1n) is 6.14. The molecule has 1 aliphatic heterocycles. The first kappa shape index (κ1) is 14.3. The molecule has 1 N–H and O–H groups in total. The average Bonchev–Trinajstić information content (AvgIpc) is 2.24. The molecule has 0 atom stereocenters. The Balaban J connectivity index is 2.46. The second-order valence-corrected chi connectivity index (χ2v) is 5.06. The molecule has 5 nitrogen and oxygen atoms in total. The number of ether oxygens (including phenoxy) is 1. The van der Waals surface area contributed by atoms with E-state index in [1.807, 2.05) is 38.0 Å². The summed E-state index contributed by atoms with van der Waals surface area (Å²) in [5.74, 6) is 0.931. The van der Waals surface area contributed by atoms with Gasteiger partial charge in [-0.2, -0.15) is 0 Å². The number of guanidine groups is 1. The second kappa shape index (κ2) is 6.21. The fraction of sp³-hybridized carbons (Fsp3) is 0.917. The van der Waals surface area contributed by atoms with Crippen molar-refractivity contribution in [2.24, 2.45) is 4.99 Å². The maximum atomic E-state index is 10.3. The van der Waals surface area contributed by atoms with E-state index in [4.69, 9.17) is 4.74 Å². The predicted molar refractivity (Wildman–Crippen MR) is 69.3 cm³/mol. The zero-order valence-electron chi connectivity index (χ0n) is 11.4. The number of hydrogen-bond acceptors (Lipinski definition) is 3. The molecule has 17 heavy (non-hydrogen) atoms. The van der Waals surface area contributed by atoms with Crippen LogP contribution in [0.4, 0.5) is 0 Å². The van der Waals surface area contributed by atoms with Crippen LogP contribution in [0.25, 0.3) is 0 Å². The average molecular weight is 243 g/mol. The lowest BCUT2D eigenvalue weighted by Crippen LogP contribution is -2.38. The van der Waals surface area contributed by atoms with E-state index in [1.165, 1.54) is 0 Å². The summed E-state index contributed by atoms with van der Waals surface area (Å²) in [5.41, 5.74) is -0.578. The molecule has 0 bridgehead atoms. The smallest absolute Gasteiger partial charge is 0.195 e.